The number of amides is 1. The molecule has 1 heterocycles. The Labute approximate surface area is 122 Å². The van der Waals surface area contributed by atoms with Gasteiger partial charge in [0.25, 0.3) is 0 Å². The van der Waals surface area contributed by atoms with Crippen LogP contribution in [0.2, 0.25) is 0 Å². The number of aromatic nitrogens is 3. The Bertz CT molecular complexity index is 724. The molecule has 2 rings (SSSR count). The summed E-state index contributed by atoms with van der Waals surface area (Å²) in [7, 11) is -3.62. The van der Waals surface area contributed by atoms with Gasteiger partial charge in [0.05, 0.1) is 10.9 Å². The summed E-state index contributed by atoms with van der Waals surface area (Å²) in [5, 5.41) is 9.76. The fourth-order valence-corrected chi connectivity index (χ4v) is 2.59. The minimum absolute atomic E-state index is 0.136. The largest absolute Gasteiger partial charge is 0.343 e. The molecule has 0 spiro atoms. The highest BCUT2D eigenvalue weighted by molar-refractivity contribution is 7.94. The maximum Gasteiger partial charge on any atom is 0.245 e. The molecule has 1 atom stereocenters. The maximum absolute atomic E-state index is 12.0. The number of carbonyl (C=O) groups excluding carboxylic acids is 1. The summed E-state index contributed by atoms with van der Waals surface area (Å²) < 4.78 is 23.9. The Hall–Kier alpha value is -2.48. The molecule has 1 aromatic heterocycles. The van der Waals surface area contributed by atoms with Crippen LogP contribution in [0.4, 0.5) is 0 Å². The van der Waals surface area contributed by atoms with E-state index >= 15 is 0 Å². The number of nitrogens with zero attached hydrogens (tertiary/aromatic N) is 2. The average molecular weight is 306 g/mol. The quantitative estimate of drug-likeness (QED) is 0.801. The summed E-state index contributed by atoms with van der Waals surface area (Å²) in [6, 6.07) is 7.49. The van der Waals surface area contributed by atoms with Crippen LogP contribution in [0.3, 0.4) is 0 Å². The van der Waals surface area contributed by atoms with Crippen LogP contribution in [-0.2, 0) is 14.6 Å². The van der Waals surface area contributed by atoms with Crippen LogP contribution < -0.4 is 5.32 Å². The fourth-order valence-electron chi connectivity index (χ4n) is 1.59. The van der Waals surface area contributed by atoms with E-state index in [9.17, 15) is 13.2 Å². The maximum atomic E-state index is 12.0. The molecule has 0 aliphatic heterocycles. The van der Waals surface area contributed by atoms with Crippen molar-refractivity contribution in [2.24, 2.45) is 0 Å². The van der Waals surface area contributed by atoms with Gasteiger partial charge in [0.1, 0.15) is 12.2 Å². The van der Waals surface area contributed by atoms with Gasteiger partial charge in [0.15, 0.2) is 9.84 Å². The highest BCUT2D eigenvalue weighted by atomic mass is 32.2. The van der Waals surface area contributed by atoms with Gasteiger partial charge in [0.2, 0.25) is 5.91 Å². The summed E-state index contributed by atoms with van der Waals surface area (Å²) >= 11 is 0. The lowest BCUT2D eigenvalue weighted by Crippen LogP contribution is -2.25. The molecule has 1 aromatic carbocycles. The predicted molar refractivity (Wildman–Crippen MR) is 75.7 cm³/mol. The summed E-state index contributed by atoms with van der Waals surface area (Å²) in [5.74, 6) is -0.0407. The lowest BCUT2D eigenvalue weighted by atomic mass is 10.3. The van der Waals surface area contributed by atoms with Crippen LogP contribution in [0, 0.1) is 0 Å². The van der Waals surface area contributed by atoms with E-state index in [4.69, 9.17) is 0 Å². The van der Waals surface area contributed by atoms with Gasteiger partial charge in [-0.2, -0.15) is 5.10 Å². The molecule has 7 nitrogen and oxygen atoms in total. The van der Waals surface area contributed by atoms with Crippen LogP contribution in [0.15, 0.2) is 53.0 Å². The molecule has 1 amide bonds. The van der Waals surface area contributed by atoms with E-state index in [0.717, 1.165) is 11.5 Å². The first-order valence-corrected chi connectivity index (χ1v) is 7.67. The first-order valence-electron chi connectivity index (χ1n) is 6.13. The van der Waals surface area contributed by atoms with Crippen LogP contribution >= 0.6 is 0 Å². The molecule has 0 fully saturated rings. The van der Waals surface area contributed by atoms with Crippen molar-refractivity contribution in [3.63, 3.8) is 0 Å². The number of H-pyrrole nitrogens is 1. The molecule has 0 aliphatic carbocycles. The predicted octanol–water partition coefficient (Wildman–Crippen LogP) is 0.970. The van der Waals surface area contributed by atoms with Gasteiger partial charge < -0.3 is 5.32 Å². The molecule has 2 aromatic rings. The number of rotatable bonds is 5. The third-order valence-electron chi connectivity index (χ3n) is 2.67. The highest BCUT2D eigenvalue weighted by Crippen LogP contribution is 2.11. The van der Waals surface area contributed by atoms with Gasteiger partial charge >= 0.3 is 0 Å². The van der Waals surface area contributed by atoms with E-state index in [1.54, 1.807) is 25.1 Å². The van der Waals surface area contributed by atoms with Gasteiger partial charge in [-0.1, -0.05) is 18.2 Å². The molecule has 110 valence electrons. The molecular weight excluding hydrogens is 292 g/mol. The van der Waals surface area contributed by atoms with E-state index in [0.29, 0.717) is 5.82 Å². The van der Waals surface area contributed by atoms with Crippen molar-refractivity contribution in [1.29, 1.82) is 0 Å². The second kappa shape index (κ2) is 6.31. The van der Waals surface area contributed by atoms with Crippen LogP contribution in [0.1, 0.15) is 18.8 Å². The van der Waals surface area contributed by atoms with Crippen molar-refractivity contribution in [2.75, 3.05) is 0 Å². The standard InChI is InChI=1S/C13H14N4O3S/c1-10(13-14-9-15-17-13)16-12(18)7-8-21(19,20)11-5-3-2-4-6-11/h2-10H,1H3,(H,16,18)(H,14,15,17)/b8-7+. The first kappa shape index (κ1) is 14.9. The number of aromatic amines is 1. The summed E-state index contributed by atoms with van der Waals surface area (Å²) in [6.45, 7) is 1.71. The minimum Gasteiger partial charge on any atom is -0.343 e. The first-order chi connectivity index (χ1) is 9.99. The van der Waals surface area contributed by atoms with Crippen molar-refractivity contribution < 1.29 is 13.2 Å². The molecule has 0 saturated carbocycles. The van der Waals surface area contributed by atoms with Gasteiger partial charge in [-0.25, -0.2) is 13.4 Å². The lowest BCUT2D eigenvalue weighted by Gasteiger charge is -2.08. The number of hydrogen-bond donors (Lipinski definition) is 2. The van der Waals surface area contributed by atoms with E-state index in [1.807, 2.05) is 0 Å². The molecule has 1 unspecified atom stereocenters. The molecule has 0 radical (unpaired) electrons. The molecule has 21 heavy (non-hydrogen) atoms. The van der Waals surface area contributed by atoms with Gasteiger partial charge in [-0.05, 0) is 19.1 Å². The lowest BCUT2D eigenvalue weighted by molar-refractivity contribution is -0.117. The van der Waals surface area contributed by atoms with Crippen LogP contribution in [-0.4, -0.2) is 29.5 Å². The van der Waals surface area contributed by atoms with Crippen molar-refractivity contribution in [2.45, 2.75) is 17.9 Å². The van der Waals surface area contributed by atoms with E-state index < -0.39 is 21.8 Å². The summed E-state index contributed by atoms with van der Waals surface area (Å²) in [6.07, 6.45) is 2.31. The van der Waals surface area contributed by atoms with Crippen molar-refractivity contribution >= 4 is 15.7 Å². The molecule has 0 bridgehead atoms. The van der Waals surface area contributed by atoms with Crippen LogP contribution in [0.25, 0.3) is 0 Å². The highest BCUT2D eigenvalue weighted by Gasteiger charge is 2.12. The van der Waals surface area contributed by atoms with Crippen LogP contribution in [0.5, 0.6) is 0 Å². The molecule has 0 aliphatic rings. The number of nitrogens with one attached hydrogen (secondary N) is 2. The third kappa shape index (κ3) is 3.99. The molecule has 8 heteroatoms. The Morgan fingerprint density at radius 1 is 1.33 bits per heavy atom. The normalized spacial score (nSPS) is 13.2. The Morgan fingerprint density at radius 2 is 2.05 bits per heavy atom. The second-order valence-electron chi connectivity index (χ2n) is 4.26. The second-order valence-corrected chi connectivity index (χ2v) is 6.10. The Morgan fingerprint density at radius 3 is 2.67 bits per heavy atom. The van der Waals surface area contributed by atoms with Crippen molar-refractivity contribution in [1.82, 2.24) is 20.5 Å². The number of benzene rings is 1. The number of sulfone groups is 1. The summed E-state index contributed by atoms with van der Waals surface area (Å²) in [5.41, 5.74) is 0. The van der Waals surface area contributed by atoms with Crippen molar-refractivity contribution in [3.05, 3.63) is 54.0 Å². The summed E-state index contributed by atoms with van der Waals surface area (Å²) in [4.78, 5) is 15.7. The smallest absolute Gasteiger partial charge is 0.245 e. The van der Waals surface area contributed by atoms with E-state index in [1.165, 1.54) is 18.5 Å². The molecule has 0 saturated heterocycles. The van der Waals surface area contributed by atoms with Gasteiger partial charge in [0, 0.05) is 11.5 Å². The minimum atomic E-state index is -3.62. The average Bonchev–Trinajstić information content (AvgIpc) is 3.00. The monoisotopic (exact) mass is 306 g/mol. The fraction of sp³-hybridized carbons (Fsp3) is 0.154. The van der Waals surface area contributed by atoms with E-state index in [2.05, 4.69) is 20.5 Å². The zero-order chi connectivity index (χ0) is 15.3. The zero-order valence-electron chi connectivity index (χ0n) is 11.2. The van der Waals surface area contributed by atoms with E-state index in [-0.39, 0.29) is 4.90 Å². The zero-order valence-corrected chi connectivity index (χ0v) is 12.0. The molecular formula is C13H14N4O3S. The van der Waals surface area contributed by atoms with Gasteiger partial charge in [-0.15, -0.1) is 0 Å². The number of carbonyl (C=O) groups is 1. The number of hydrogen-bond acceptors (Lipinski definition) is 5. The van der Waals surface area contributed by atoms with Crippen molar-refractivity contribution in [3.8, 4) is 0 Å². The molecule has 2 N–H and O–H groups in total. The van der Waals surface area contributed by atoms with Gasteiger partial charge in [-0.3, -0.25) is 9.89 Å². The third-order valence-corrected chi connectivity index (χ3v) is 4.10. The topological polar surface area (TPSA) is 105 Å². The Kier molecular flexibility index (Phi) is 4.49. The Balaban J connectivity index is 2.02. The SMILES string of the molecule is CC(NC(=O)/C=C/S(=O)(=O)c1ccccc1)c1ncn[nH]1.